The van der Waals surface area contributed by atoms with E-state index >= 15 is 0 Å². The molecular weight excluding hydrogens is 554 g/mol. The SMILES string of the molecule is CCOC(=O)[C@H](Cc1ccc(NC(=O)/C(=C\c2ccc(OC(C)=O)cc2)NC(C)=O)cc1)N1C(=O)c2ccccc2C1=O. The minimum absolute atomic E-state index is 0.00108. The van der Waals surface area contributed by atoms with Gasteiger partial charge >= 0.3 is 11.9 Å². The van der Waals surface area contributed by atoms with Crippen LogP contribution in [0.25, 0.3) is 6.08 Å². The molecular formula is C32H29N3O8. The van der Waals surface area contributed by atoms with Crippen molar-refractivity contribution >= 4 is 47.3 Å². The van der Waals surface area contributed by atoms with Crippen molar-refractivity contribution in [2.24, 2.45) is 0 Å². The van der Waals surface area contributed by atoms with Crippen LogP contribution in [0, 0.1) is 0 Å². The summed E-state index contributed by atoms with van der Waals surface area (Å²) in [4.78, 5) is 75.9. The van der Waals surface area contributed by atoms with Crippen molar-refractivity contribution in [2.75, 3.05) is 11.9 Å². The maximum absolute atomic E-state index is 13.0. The molecule has 0 fully saturated rings. The van der Waals surface area contributed by atoms with Crippen LogP contribution in [0.1, 0.15) is 52.6 Å². The number of nitrogens with zero attached hydrogens (tertiary/aromatic N) is 1. The first-order valence-corrected chi connectivity index (χ1v) is 13.4. The zero-order valence-electron chi connectivity index (χ0n) is 23.7. The van der Waals surface area contributed by atoms with Gasteiger partial charge in [0.1, 0.15) is 17.5 Å². The fraction of sp³-hybridized carbons (Fsp3) is 0.188. The highest BCUT2D eigenvalue weighted by molar-refractivity contribution is 6.22. The van der Waals surface area contributed by atoms with E-state index in [0.717, 1.165) is 4.90 Å². The molecule has 220 valence electrons. The van der Waals surface area contributed by atoms with Crippen LogP contribution in [-0.2, 0) is 30.3 Å². The highest BCUT2D eigenvalue weighted by atomic mass is 16.5. The summed E-state index contributed by atoms with van der Waals surface area (Å²) in [5.41, 5.74) is 2.00. The van der Waals surface area contributed by atoms with E-state index in [1.807, 2.05) is 0 Å². The first-order valence-electron chi connectivity index (χ1n) is 13.4. The van der Waals surface area contributed by atoms with Gasteiger partial charge in [0.2, 0.25) is 5.91 Å². The maximum Gasteiger partial charge on any atom is 0.329 e. The molecule has 0 aromatic heterocycles. The molecule has 0 saturated carbocycles. The number of amides is 4. The van der Waals surface area contributed by atoms with Gasteiger partial charge in [-0.25, -0.2) is 4.79 Å². The van der Waals surface area contributed by atoms with Crippen molar-refractivity contribution in [2.45, 2.75) is 33.2 Å². The van der Waals surface area contributed by atoms with Crippen molar-refractivity contribution in [3.05, 3.63) is 101 Å². The van der Waals surface area contributed by atoms with E-state index in [1.165, 1.54) is 32.1 Å². The van der Waals surface area contributed by atoms with Crippen LogP contribution in [0.3, 0.4) is 0 Å². The van der Waals surface area contributed by atoms with E-state index < -0.39 is 41.6 Å². The Bertz CT molecular complexity index is 1580. The number of carbonyl (C=O) groups is 6. The summed E-state index contributed by atoms with van der Waals surface area (Å²) in [5.74, 6) is -3.02. The van der Waals surface area contributed by atoms with Gasteiger partial charge < -0.3 is 20.1 Å². The van der Waals surface area contributed by atoms with Crippen LogP contribution in [0.5, 0.6) is 5.75 Å². The van der Waals surface area contributed by atoms with Gasteiger partial charge in [-0.1, -0.05) is 36.4 Å². The predicted molar refractivity (Wildman–Crippen MR) is 156 cm³/mol. The fourth-order valence-electron chi connectivity index (χ4n) is 4.47. The minimum atomic E-state index is -1.19. The Hall–Kier alpha value is -5.58. The van der Waals surface area contributed by atoms with Crippen LogP contribution >= 0.6 is 0 Å². The third-order valence-electron chi connectivity index (χ3n) is 6.34. The molecule has 43 heavy (non-hydrogen) atoms. The number of nitrogens with one attached hydrogen (secondary N) is 2. The number of hydrogen-bond acceptors (Lipinski definition) is 8. The Morgan fingerprint density at radius 3 is 2.00 bits per heavy atom. The van der Waals surface area contributed by atoms with Crippen molar-refractivity contribution < 1.29 is 38.2 Å². The quantitative estimate of drug-likeness (QED) is 0.160. The van der Waals surface area contributed by atoms with E-state index in [2.05, 4.69) is 10.6 Å². The third kappa shape index (κ3) is 7.39. The van der Waals surface area contributed by atoms with E-state index in [1.54, 1.807) is 67.6 Å². The van der Waals surface area contributed by atoms with E-state index in [-0.39, 0.29) is 29.9 Å². The molecule has 0 unspecified atom stereocenters. The molecule has 0 spiro atoms. The molecule has 3 aromatic rings. The first-order chi connectivity index (χ1) is 20.6. The topological polar surface area (TPSA) is 148 Å². The van der Waals surface area contributed by atoms with Crippen molar-refractivity contribution in [1.29, 1.82) is 0 Å². The average Bonchev–Trinajstić information content (AvgIpc) is 3.22. The van der Waals surface area contributed by atoms with E-state index in [9.17, 15) is 28.8 Å². The summed E-state index contributed by atoms with van der Waals surface area (Å²) >= 11 is 0. The van der Waals surface area contributed by atoms with Crippen LogP contribution in [0.15, 0.2) is 78.5 Å². The Labute approximate surface area is 247 Å². The van der Waals surface area contributed by atoms with Crippen LogP contribution in [0.2, 0.25) is 0 Å². The number of imide groups is 1. The van der Waals surface area contributed by atoms with Gasteiger partial charge in [-0.15, -0.1) is 0 Å². The lowest BCUT2D eigenvalue weighted by molar-refractivity contribution is -0.147. The summed E-state index contributed by atoms with van der Waals surface area (Å²) in [5, 5.41) is 5.22. The van der Waals surface area contributed by atoms with Crippen LogP contribution in [-0.4, -0.2) is 53.1 Å². The second-order valence-electron chi connectivity index (χ2n) is 9.55. The number of esters is 2. The Morgan fingerprint density at radius 1 is 0.860 bits per heavy atom. The normalized spacial score (nSPS) is 13.2. The predicted octanol–water partition coefficient (Wildman–Crippen LogP) is 3.50. The monoisotopic (exact) mass is 583 g/mol. The summed E-state index contributed by atoms with van der Waals surface area (Å²) in [6.45, 7) is 4.27. The number of rotatable bonds is 10. The molecule has 3 aromatic carbocycles. The molecule has 11 heteroatoms. The molecule has 1 atom stereocenters. The third-order valence-corrected chi connectivity index (χ3v) is 6.34. The molecule has 0 bridgehead atoms. The Balaban J connectivity index is 1.50. The number of anilines is 1. The second kappa shape index (κ2) is 13.4. The number of hydrogen-bond donors (Lipinski definition) is 2. The first kappa shape index (κ1) is 30.4. The molecule has 1 aliphatic rings. The highest BCUT2D eigenvalue weighted by Crippen LogP contribution is 2.27. The van der Waals surface area contributed by atoms with Gasteiger partial charge in [0.15, 0.2) is 0 Å². The van der Waals surface area contributed by atoms with E-state index in [0.29, 0.717) is 22.6 Å². The van der Waals surface area contributed by atoms with Crippen molar-refractivity contribution in [3.63, 3.8) is 0 Å². The maximum atomic E-state index is 13.0. The zero-order valence-corrected chi connectivity index (χ0v) is 23.7. The molecule has 0 radical (unpaired) electrons. The van der Waals surface area contributed by atoms with Gasteiger partial charge in [-0.3, -0.25) is 28.9 Å². The number of carbonyl (C=O) groups excluding carboxylic acids is 6. The number of ether oxygens (including phenoxy) is 2. The van der Waals surface area contributed by atoms with Gasteiger partial charge in [0.05, 0.1) is 17.7 Å². The number of fused-ring (bicyclic) bond motifs is 1. The van der Waals surface area contributed by atoms with Gasteiger partial charge in [0, 0.05) is 26.0 Å². The summed E-state index contributed by atoms with van der Waals surface area (Å²) in [6.07, 6.45) is 1.47. The molecule has 1 heterocycles. The molecule has 0 aliphatic carbocycles. The molecule has 4 rings (SSSR count). The van der Waals surface area contributed by atoms with Gasteiger partial charge in [0.25, 0.3) is 17.7 Å². The highest BCUT2D eigenvalue weighted by Gasteiger charge is 2.43. The summed E-state index contributed by atoms with van der Waals surface area (Å²) in [7, 11) is 0. The van der Waals surface area contributed by atoms with E-state index in [4.69, 9.17) is 9.47 Å². The lowest BCUT2D eigenvalue weighted by Crippen LogP contribution is -2.47. The average molecular weight is 584 g/mol. The second-order valence-corrected chi connectivity index (χ2v) is 9.55. The minimum Gasteiger partial charge on any atom is -0.464 e. The number of benzene rings is 3. The Kier molecular flexibility index (Phi) is 9.46. The van der Waals surface area contributed by atoms with Gasteiger partial charge in [-0.05, 0) is 60.5 Å². The van der Waals surface area contributed by atoms with Crippen LogP contribution < -0.4 is 15.4 Å². The fourth-order valence-corrected chi connectivity index (χ4v) is 4.47. The molecule has 0 saturated heterocycles. The standard InChI is InChI=1S/C32H29N3O8/c1-4-42-32(41)28(35-30(39)25-7-5-6-8-26(25)31(35)40)18-22-9-13-23(14-10-22)34-29(38)27(33-19(2)36)17-21-11-15-24(16-12-21)43-20(3)37/h5-17,28H,4,18H2,1-3H3,(H,33,36)(H,34,38)/b27-17+/t28-/m0/s1. The summed E-state index contributed by atoms with van der Waals surface area (Å²) < 4.78 is 10.2. The van der Waals surface area contributed by atoms with Gasteiger partial charge in [-0.2, -0.15) is 0 Å². The van der Waals surface area contributed by atoms with Crippen molar-refractivity contribution in [3.8, 4) is 5.75 Å². The lowest BCUT2D eigenvalue weighted by atomic mass is 10.0. The smallest absolute Gasteiger partial charge is 0.329 e. The van der Waals surface area contributed by atoms with Crippen molar-refractivity contribution in [1.82, 2.24) is 10.2 Å². The molecule has 2 N–H and O–H groups in total. The molecule has 4 amide bonds. The zero-order chi connectivity index (χ0) is 31.1. The molecule has 11 nitrogen and oxygen atoms in total. The molecule has 1 aliphatic heterocycles. The lowest BCUT2D eigenvalue weighted by Gasteiger charge is -2.24. The van der Waals surface area contributed by atoms with Crippen LogP contribution in [0.4, 0.5) is 5.69 Å². The largest absolute Gasteiger partial charge is 0.464 e. The summed E-state index contributed by atoms with van der Waals surface area (Å²) in [6, 6.07) is 18.0. The Morgan fingerprint density at radius 2 is 1.47 bits per heavy atom.